The van der Waals surface area contributed by atoms with Gasteiger partial charge in [0.05, 0.1) is 24.3 Å². The van der Waals surface area contributed by atoms with E-state index in [0.717, 1.165) is 19.5 Å². The van der Waals surface area contributed by atoms with Crippen LogP contribution in [0.15, 0.2) is 0 Å². The van der Waals surface area contributed by atoms with Gasteiger partial charge in [-0.3, -0.25) is 15.5 Å². The summed E-state index contributed by atoms with van der Waals surface area (Å²) < 4.78 is 39.5. The summed E-state index contributed by atoms with van der Waals surface area (Å²) in [5.74, 6) is -0.975. The first kappa shape index (κ1) is 22.4. The molecule has 0 aromatic rings. The highest BCUT2D eigenvalue weighted by atomic mass is 35.5. The van der Waals surface area contributed by atoms with Crippen LogP contribution in [0.2, 0.25) is 0 Å². The van der Waals surface area contributed by atoms with Gasteiger partial charge in [-0.25, -0.2) is 4.79 Å². The van der Waals surface area contributed by atoms with E-state index in [1.54, 1.807) is 0 Å². The molecule has 7 nitrogen and oxygen atoms in total. The maximum atomic E-state index is 13.2. The number of rotatable bonds is 4. The van der Waals surface area contributed by atoms with Crippen molar-refractivity contribution in [3.8, 4) is 0 Å². The second-order valence-corrected chi connectivity index (χ2v) is 9.67. The van der Waals surface area contributed by atoms with Crippen LogP contribution in [0.5, 0.6) is 0 Å². The minimum Gasteiger partial charge on any atom is -0.336 e. The van der Waals surface area contributed by atoms with E-state index in [2.05, 4.69) is 20.9 Å². The molecule has 30 heavy (non-hydrogen) atoms. The zero-order valence-corrected chi connectivity index (χ0v) is 17.8. The van der Waals surface area contributed by atoms with E-state index in [1.807, 2.05) is 4.90 Å². The number of nitrogens with zero attached hydrogens (tertiary/aromatic N) is 2. The lowest BCUT2D eigenvalue weighted by Gasteiger charge is -2.49. The van der Waals surface area contributed by atoms with E-state index < -0.39 is 17.5 Å². The minimum atomic E-state index is -4.24. The van der Waals surface area contributed by atoms with E-state index >= 15 is 0 Å². The molecule has 5 N–H and O–H groups in total. The van der Waals surface area contributed by atoms with Crippen LogP contribution in [-0.4, -0.2) is 85.0 Å². The number of carbonyl (C=O) groups excluding carboxylic acids is 1. The number of hydrogen-bond acceptors (Lipinski definition) is 5. The predicted octanol–water partition coefficient (Wildman–Crippen LogP) is 1.09. The van der Waals surface area contributed by atoms with Crippen molar-refractivity contribution >= 4 is 17.6 Å². The molecule has 4 fully saturated rings. The second-order valence-electron chi connectivity index (χ2n) is 9.11. The van der Waals surface area contributed by atoms with E-state index in [-0.39, 0.29) is 36.7 Å². The van der Waals surface area contributed by atoms with E-state index in [0.29, 0.717) is 44.9 Å². The Morgan fingerprint density at radius 3 is 2.60 bits per heavy atom. The number of alkyl halides is 4. The number of carbonyl (C=O) groups is 1. The van der Waals surface area contributed by atoms with Crippen molar-refractivity contribution in [2.45, 2.75) is 55.6 Å². The van der Waals surface area contributed by atoms with E-state index in [1.165, 1.54) is 0 Å². The minimum absolute atomic E-state index is 0.0230. The number of hydrogen-bond donors (Lipinski definition) is 4. The molecule has 2 amide bonds. The Bertz CT molecular complexity index is 626. The zero-order valence-electron chi connectivity index (χ0n) is 17.0. The quantitative estimate of drug-likeness (QED) is 0.480. The highest BCUT2D eigenvalue weighted by Gasteiger charge is 2.49. The molecule has 4 rings (SSSR count). The van der Waals surface area contributed by atoms with Crippen molar-refractivity contribution < 1.29 is 18.0 Å². The number of nitrogens with one attached hydrogen (secondary N) is 3. The van der Waals surface area contributed by atoms with Crippen molar-refractivity contribution in [2.24, 2.45) is 23.5 Å². The lowest BCUT2D eigenvalue weighted by molar-refractivity contribution is -0.183. The van der Waals surface area contributed by atoms with Crippen LogP contribution in [0.25, 0.3) is 0 Å². The average Bonchev–Trinajstić information content (AvgIpc) is 3.35. The molecular weight excluding hydrogens is 421 g/mol. The normalized spacial score (nSPS) is 41.3. The van der Waals surface area contributed by atoms with Crippen LogP contribution < -0.4 is 21.7 Å². The van der Waals surface area contributed by atoms with Gasteiger partial charge in [0.25, 0.3) is 0 Å². The highest BCUT2D eigenvalue weighted by molar-refractivity contribution is 6.20. The Balaban J connectivity index is 1.45. The molecule has 0 spiro atoms. The van der Waals surface area contributed by atoms with Gasteiger partial charge in [-0.1, -0.05) is 0 Å². The third kappa shape index (κ3) is 4.53. The summed E-state index contributed by atoms with van der Waals surface area (Å²) in [5, 5.41) is 9.07. The van der Waals surface area contributed by atoms with Gasteiger partial charge in [0.1, 0.15) is 0 Å². The topological polar surface area (TPSA) is 85.7 Å². The molecule has 3 heterocycles. The average molecular weight is 453 g/mol. The second kappa shape index (κ2) is 8.97. The van der Waals surface area contributed by atoms with Gasteiger partial charge >= 0.3 is 12.2 Å². The fraction of sp³-hybridized carbons (Fsp3) is 0.947. The van der Waals surface area contributed by atoms with Crippen LogP contribution >= 0.6 is 11.6 Å². The fourth-order valence-corrected chi connectivity index (χ4v) is 6.07. The summed E-state index contributed by atoms with van der Waals surface area (Å²) in [7, 11) is 0. The first-order valence-electron chi connectivity index (χ1n) is 11.0. The van der Waals surface area contributed by atoms with Crippen LogP contribution in [-0.2, 0) is 0 Å². The first-order chi connectivity index (χ1) is 14.3. The van der Waals surface area contributed by atoms with Crippen LogP contribution in [0.1, 0.15) is 25.7 Å². The molecule has 0 bridgehead atoms. The zero-order chi connectivity index (χ0) is 21.5. The molecule has 4 aliphatic rings. The monoisotopic (exact) mass is 452 g/mol. The summed E-state index contributed by atoms with van der Waals surface area (Å²) in [6, 6.07) is -0.105. The highest BCUT2D eigenvalue weighted by Crippen LogP contribution is 2.43. The third-order valence-electron chi connectivity index (χ3n) is 7.30. The Hall–Kier alpha value is -0.810. The van der Waals surface area contributed by atoms with Crippen molar-refractivity contribution in [1.82, 2.24) is 25.8 Å². The van der Waals surface area contributed by atoms with Gasteiger partial charge in [-0.2, -0.15) is 13.2 Å². The molecule has 0 aromatic carbocycles. The molecule has 0 aromatic heterocycles. The molecule has 3 aliphatic heterocycles. The molecular formula is C19H32ClF3N6O. The van der Waals surface area contributed by atoms with Crippen molar-refractivity contribution in [2.75, 3.05) is 39.3 Å². The molecule has 7 unspecified atom stereocenters. The summed E-state index contributed by atoms with van der Waals surface area (Å²) >= 11 is 6.17. The molecule has 3 saturated heterocycles. The van der Waals surface area contributed by atoms with Crippen molar-refractivity contribution in [1.29, 1.82) is 0 Å². The molecule has 0 radical (unpaired) electrons. The van der Waals surface area contributed by atoms with Gasteiger partial charge in [-0.05, 0) is 44.1 Å². The molecule has 1 aliphatic carbocycles. The van der Waals surface area contributed by atoms with Crippen LogP contribution in [0.3, 0.4) is 0 Å². The largest absolute Gasteiger partial charge is 0.393 e. The SMILES string of the molecule is NCC1CCN(C2NC(C3CCC(C(F)(F)F)C(Cl)C3)NCC2N2CCNC2=O)C1. The maximum absolute atomic E-state index is 13.2. The Labute approximate surface area is 180 Å². The van der Waals surface area contributed by atoms with Gasteiger partial charge in [0.15, 0.2) is 0 Å². The van der Waals surface area contributed by atoms with Gasteiger partial charge in [0, 0.05) is 38.1 Å². The number of likely N-dealkylation sites (tertiary alicyclic amines) is 1. The van der Waals surface area contributed by atoms with Gasteiger partial charge in [0.2, 0.25) is 0 Å². The van der Waals surface area contributed by atoms with E-state index in [9.17, 15) is 18.0 Å². The third-order valence-corrected chi connectivity index (χ3v) is 7.78. The number of nitrogens with two attached hydrogens (primary N) is 1. The molecule has 1 saturated carbocycles. The lowest BCUT2D eigenvalue weighted by Crippen LogP contribution is -2.72. The molecule has 7 atom stereocenters. The Kier molecular flexibility index (Phi) is 6.70. The van der Waals surface area contributed by atoms with Crippen molar-refractivity contribution in [3.05, 3.63) is 0 Å². The summed E-state index contributed by atoms with van der Waals surface area (Å²) in [6.07, 6.45) is -2.53. The summed E-state index contributed by atoms with van der Waals surface area (Å²) in [4.78, 5) is 16.5. The van der Waals surface area contributed by atoms with E-state index in [4.69, 9.17) is 17.3 Å². The Morgan fingerprint density at radius 2 is 2.00 bits per heavy atom. The predicted molar refractivity (Wildman–Crippen MR) is 108 cm³/mol. The van der Waals surface area contributed by atoms with Gasteiger partial charge in [-0.15, -0.1) is 11.6 Å². The lowest BCUT2D eigenvalue weighted by atomic mass is 9.79. The molecule has 172 valence electrons. The first-order valence-corrected chi connectivity index (χ1v) is 11.4. The van der Waals surface area contributed by atoms with Gasteiger partial charge < -0.3 is 16.0 Å². The standard InChI is InChI=1S/C19H32ClF3N6O/c20-14-7-12(1-2-13(14)19(21,22)23)16-26-9-15(29-6-4-25-18(29)30)17(27-16)28-5-3-11(8-24)10-28/h11-17,26-27H,1-10,24H2,(H,25,30). The Morgan fingerprint density at radius 1 is 1.20 bits per heavy atom. The molecule has 11 heteroatoms. The van der Waals surface area contributed by atoms with Crippen molar-refractivity contribution in [3.63, 3.8) is 0 Å². The summed E-state index contributed by atoms with van der Waals surface area (Å²) in [6.45, 7) is 4.29. The smallest absolute Gasteiger partial charge is 0.336 e. The maximum Gasteiger partial charge on any atom is 0.393 e. The number of amides is 2. The fourth-order valence-electron chi connectivity index (χ4n) is 5.57. The number of urea groups is 1. The van der Waals surface area contributed by atoms with Crippen LogP contribution in [0.4, 0.5) is 18.0 Å². The van der Waals surface area contributed by atoms with Crippen LogP contribution in [0, 0.1) is 17.8 Å². The summed E-state index contributed by atoms with van der Waals surface area (Å²) in [5.41, 5.74) is 5.87. The number of halogens is 4.